The molecule has 2 aromatic carbocycles. The highest BCUT2D eigenvalue weighted by Crippen LogP contribution is 2.24. The third-order valence-electron chi connectivity index (χ3n) is 4.48. The Bertz CT molecular complexity index is 978. The minimum atomic E-state index is -0.254. The summed E-state index contributed by atoms with van der Waals surface area (Å²) in [6.07, 6.45) is 1.52. The van der Waals surface area contributed by atoms with E-state index in [0.717, 1.165) is 34.1 Å². The van der Waals surface area contributed by atoms with Crippen LogP contribution in [0.4, 0.5) is 5.69 Å². The number of nitrogens with one attached hydrogen (secondary N) is 1. The number of amides is 2. The molecule has 6 heteroatoms. The molecule has 0 unspecified atom stereocenters. The van der Waals surface area contributed by atoms with Gasteiger partial charge in [0.25, 0.3) is 5.91 Å². The number of carbonyl (C=O) groups is 2. The standard InChI is InChI=1S/C20H17BrN2O3/c21-15-5-8-17-14(10-15)11-18(26-17)20(25)22-12-13-3-6-16(7-4-13)23-9-1-2-19(23)24/h3-8,10-11H,1-2,9,12H2,(H,22,25). The van der Waals surface area contributed by atoms with Crippen molar-refractivity contribution in [3.8, 4) is 0 Å². The Labute approximate surface area is 159 Å². The van der Waals surface area contributed by atoms with Gasteiger partial charge in [-0.15, -0.1) is 0 Å². The number of benzene rings is 2. The summed E-state index contributed by atoms with van der Waals surface area (Å²) < 4.78 is 6.53. The van der Waals surface area contributed by atoms with E-state index in [2.05, 4.69) is 21.2 Å². The van der Waals surface area contributed by atoms with Crippen LogP contribution >= 0.6 is 15.9 Å². The molecule has 4 rings (SSSR count). The van der Waals surface area contributed by atoms with Crippen molar-refractivity contribution in [3.63, 3.8) is 0 Å². The molecule has 1 saturated heterocycles. The summed E-state index contributed by atoms with van der Waals surface area (Å²) in [4.78, 5) is 25.9. The van der Waals surface area contributed by atoms with E-state index in [1.54, 1.807) is 11.0 Å². The Kier molecular flexibility index (Phi) is 4.51. The lowest BCUT2D eigenvalue weighted by Crippen LogP contribution is -2.24. The summed E-state index contributed by atoms with van der Waals surface area (Å²) in [7, 11) is 0. The van der Waals surface area contributed by atoms with Gasteiger partial charge < -0.3 is 14.6 Å². The highest BCUT2D eigenvalue weighted by molar-refractivity contribution is 9.10. The number of fused-ring (bicyclic) bond motifs is 1. The first-order valence-electron chi connectivity index (χ1n) is 8.47. The fraction of sp³-hybridized carbons (Fsp3) is 0.200. The Balaban J connectivity index is 1.41. The lowest BCUT2D eigenvalue weighted by Gasteiger charge is -2.16. The van der Waals surface area contributed by atoms with E-state index < -0.39 is 0 Å². The van der Waals surface area contributed by atoms with Crippen LogP contribution in [0.5, 0.6) is 0 Å². The average Bonchev–Trinajstić information content (AvgIpc) is 3.26. The van der Waals surface area contributed by atoms with Gasteiger partial charge in [-0.2, -0.15) is 0 Å². The van der Waals surface area contributed by atoms with Gasteiger partial charge in [0.1, 0.15) is 5.58 Å². The van der Waals surface area contributed by atoms with Crippen LogP contribution in [0.2, 0.25) is 0 Å². The van der Waals surface area contributed by atoms with Crippen molar-refractivity contribution in [2.24, 2.45) is 0 Å². The molecule has 0 radical (unpaired) electrons. The average molecular weight is 413 g/mol. The van der Waals surface area contributed by atoms with E-state index in [-0.39, 0.29) is 17.6 Å². The lowest BCUT2D eigenvalue weighted by atomic mass is 10.2. The zero-order valence-electron chi connectivity index (χ0n) is 14.0. The molecule has 0 aliphatic carbocycles. The lowest BCUT2D eigenvalue weighted by molar-refractivity contribution is -0.117. The third kappa shape index (κ3) is 3.37. The second-order valence-corrected chi connectivity index (χ2v) is 7.21. The van der Waals surface area contributed by atoms with Gasteiger partial charge in [-0.05, 0) is 48.4 Å². The third-order valence-corrected chi connectivity index (χ3v) is 4.97. The normalized spacial score (nSPS) is 14.2. The molecule has 1 aliphatic rings. The molecule has 0 spiro atoms. The van der Waals surface area contributed by atoms with Gasteiger partial charge in [0.15, 0.2) is 5.76 Å². The number of carbonyl (C=O) groups excluding carboxylic acids is 2. The van der Waals surface area contributed by atoms with E-state index in [1.807, 2.05) is 42.5 Å². The van der Waals surface area contributed by atoms with Gasteiger partial charge in [0.2, 0.25) is 5.91 Å². The van der Waals surface area contributed by atoms with E-state index in [4.69, 9.17) is 4.42 Å². The molecule has 5 nitrogen and oxygen atoms in total. The molecular weight excluding hydrogens is 396 g/mol. The summed E-state index contributed by atoms with van der Waals surface area (Å²) in [5.74, 6) is 0.205. The minimum absolute atomic E-state index is 0.169. The summed E-state index contributed by atoms with van der Waals surface area (Å²) in [6.45, 7) is 1.17. The van der Waals surface area contributed by atoms with Crippen LogP contribution in [0.15, 0.2) is 57.4 Å². The molecule has 1 aliphatic heterocycles. The first-order chi connectivity index (χ1) is 12.6. The van der Waals surface area contributed by atoms with Gasteiger partial charge in [-0.3, -0.25) is 9.59 Å². The number of hydrogen-bond acceptors (Lipinski definition) is 3. The maximum absolute atomic E-state index is 12.3. The smallest absolute Gasteiger partial charge is 0.287 e. The summed E-state index contributed by atoms with van der Waals surface area (Å²) in [5.41, 5.74) is 2.55. The Hall–Kier alpha value is -2.60. The number of hydrogen-bond donors (Lipinski definition) is 1. The van der Waals surface area contributed by atoms with Crippen LogP contribution < -0.4 is 10.2 Å². The van der Waals surface area contributed by atoms with Gasteiger partial charge in [0, 0.05) is 35.1 Å². The molecule has 0 atom stereocenters. The monoisotopic (exact) mass is 412 g/mol. The molecule has 26 heavy (non-hydrogen) atoms. The molecular formula is C20H17BrN2O3. The highest BCUT2D eigenvalue weighted by atomic mass is 79.9. The van der Waals surface area contributed by atoms with E-state index >= 15 is 0 Å². The molecule has 1 aromatic heterocycles. The zero-order chi connectivity index (χ0) is 18.1. The minimum Gasteiger partial charge on any atom is -0.451 e. The summed E-state index contributed by atoms with van der Waals surface area (Å²) >= 11 is 3.41. The predicted molar refractivity (Wildman–Crippen MR) is 103 cm³/mol. The first-order valence-corrected chi connectivity index (χ1v) is 9.26. The van der Waals surface area contributed by atoms with Crippen LogP contribution in [-0.4, -0.2) is 18.4 Å². The van der Waals surface area contributed by atoms with Gasteiger partial charge in [-0.25, -0.2) is 0 Å². The molecule has 2 amide bonds. The second kappa shape index (κ2) is 6.96. The summed E-state index contributed by atoms with van der Waals surface area (Å²) in [6, 6.07) is 15.0. The van der Waals surface area contributed by atoms with Crippen molar-refractivity contribution in [1.82, 2.24) is 5.32 Å². The van der Waals surface area contributed by atoms with E-state index in [1.165, 1.54) is 0 Å². The Morgan fingerprint density at radius 3 is 2.69 bits per heavy atom. The van der Waals surface area contributed by atoms with Crippen LogP contribution in [0, 0.1) is 0 Å². The quantitative estimate of drug-likeness (QED) is 0.696. The van der Waals surface area contributed by atoms with Crippen LogP contribution in [0.1, 0.15) is 29.0 Å². The number of halogens is 1. The Morgan fingerprint density at radius 2 is 1.96 bits per heavy atom. The predicted octanol–water partition coefficient (Wildman–Crippen LogP) is 4.25. The molecule has 1 N–H and O–H groups in total. The van der Waals surface area contributed by atoms with Gasteiger partial charge >= 0.3 is 0 Å². The molecule has 0 saturated carbocycles. The Morgan fingerprint density at radius 1 is 1.15 bits per heavy atom. The van der Waals surface area contributed by atoms with Crippen LogP contribution in [0.25, 0.3) is 11.0 Å². The van der Waals surface area contributed by atoms with Crippen LogP contribution in [-0.2, 0) is 11.3 Å². The second-order valence-electron chi connectivity index (χ2n) is 6.29. The first kappa shape index (κ1) is 16.8. The number of nitrogens with zero attached hydrogens (tertiary/aromatic N) is 1. The SMILES string of the molecule is O=C(NCc1ccc(N2CCCC2=O)cc1)c1cc2cc(Br)ccc2o1. The zero-order valence-corrected chi connectivity index (χ0v) is 15.6. The molecule has 1 fully saturated rings. The van der Waals surface area contributed by atoms with Gasteiger partial charge in [0.05, 0.1) is 0 Å². The fourth-order valence-corrected chi connectivity index (χ4v) is 3.49. The van der Waals surface area contributed by atoms with E-state index in [9.17, 15) is 9.59 Å². The van der Waals surface area contributed by atoms with Gasteiger partial charge in [-0.1, -0.05) is 28.1 Å². The van der Waals surface area contributed by atoms with Crippen molar-refractivity contribution < 1.29 is 14.0 Å². The van der Waals surface area contributed by atoms with Crippen molar-refractivity contribution in [3.05, 3.63) is 64.3 Å². The molecule has 132 valence electrons. The van der Waals surface area contributed by atoms with Crippen molar-refractivity contribution in [2.45, 2.75) is 19.4 Å². The number of rotatable bonds is 4. The fourth-order valence-electron chi connectivity index (χ4n) is 3.11. The highest BCUT2D eigenvalue weighted by Gasteiger charge is 2.21. The molecule has 2 heterocycles. The number of furan rings is 1. The number of anilines is 1. The van der Waals surface area contributed by atoms with Crippen molar-refractivity contribution >= 4 is 44.4 Å². The molecule has 0 bridgehead atoms. The topological polar surface area (TPSA) is 62.6 Å². The van der Waals surface area contributed by atoms with Crippen molar-refractivity contribution in [1.29, 1.82) is 0 Å². The molecule has 3 aromatic rings. The van der Waals surface area contributed by atoms with E-state index in [0.29, 0.717) is 18.5 Å². The largest absolute Gasteiger partial charge is 0.451 e. The van der Waals surface area contributed by atoms with Crippen molar-refractivity contribution in [2.75, 3.05) is 11.4 Å². The maximum Gasteiger partial charge on any atom is 0.287 e. The van der Waals surface area contributed by atoms with Crippen LogP contribution in [0.3, 0.4) is 0 Å². The summed E-state index contributed by atoms with van der Waals surface area (Å²) in [5, 5.41) is 3.74. The maximum atomic E-state index is 12.3.